The largest absolute Gasteiger partial charge is 0.493 e. The SMILES string of the molecule is CN(C)C(=O)CN=C(NCC1CCCCO1)NC1CCOc2ccccc21.I. The summed E-state index contributed by atoms with van der Waals surface area (Å²) in [5.74, 6) is 1.51. The summed E-state index contributed by atoms with van der Waals surface area (Å²) < 4.78 is 11.5. The average Bonchev–Trinajstić information content (AvgIpc) is 2.70. The van der Waals surface area contributed by atoms with Gasteiger partial charge in [0.05, 0.1) is 18.8 Å². The number of hydrogen-bond acceptors (Lipinski definition) is 4. The zero-order valence-electron chi connectivity index (χ0n) is 16.6. The summed E-state index contributed by atoms with van der Waals surface area (Å²) >= 11 is 0. The van der Waals surface area contributed by atoms with Crippen LogP contribution in [0.4, 0.5) is 0 Å². The van der Waals surface area contributed by atoms with Crippen molar-refractivity contribution in [3.8, 4) is 5.75 Å². The van der Waals surface area contributed by atoms with E-state index >= 15 is 0 Å². The molecule has 1 aromatic carbocycles. The van der Waals surface area contributed by atoms with Gasteiger partial charge in [0.2, 0.25) is 5.91 Å². The molecular formula is C20H31IN4O3. The summed E-state index contributed by atoms with van der Waals surface area (Å²) in [7, 11) is 3.48. The minimum absolute atomic E-state index is 0. The van der Waals surface area contributed by atoms with Gasteiger partial charge in [-0.25, -0.2) is 4.99 Å². The van der Waals surface area contributed by atoms with Gasteiger partial charge >= 0.3 is 0 Å². The van der Waals surface area contributed by atoms with Crippen molar-refractivity contribution >= 4 is 35.8 Å². The molecule has 2 aliphatic rings. The van der Waals surface area contributed by atoms with Crippen LogP contribution in [0.5, 0.6) is 5.75 Å². The Kier molecular flexibility index (Phi) is 9.30. The van der Waals surface area contributed by atoms with Crippen molar-refractivity contribution in [3.63, 3.8) is 0 Å². The van der Waals surface area contributed by atoms with Crippen LogP contribution in [-0.4, -0.2) is 63.3 Å². The van der Waals surface area contributed by atoms with Crippen molar-refractivity contribution in [2.45, 2.75) is 37.8 Å². The van der Waals surface area contributed by atoms with E-state index in [0.717, 1.165) is 37.2 Å². The van der Waals surface area contributed by atoms with Crippen molar-refractivity contribution in [3.05, 3.63) is 29.8 Å². The maximum absolute atomic E-state index is 12.0. The lowest BCUT2D eigenvalue weighted by Gasteiger charge is -2.29. The normalized spacial score (nSPS) is 21.6. The van der Waals surface area contributed by atoms with Crippen LogP contribution in [0.15, 0.2) is 29.3 Å². The Morgan fingerprint density at radius 3 is 2.79 bits per heavy atom. The van der Waals surface area contributed by atoms with Crippen molar-refractivity contribution in [2.24, 2.45) is 4.99 Å². The number of nitrogens with one attached hydrogen (secondary N) is 2. The molecular weight excluding hydrogens is 471 g/mol. The first kappa shape index (κ1) is 22.7. The van der Waals surface area contributed by atoms with Crippen LogP contribution in [-0.2, 0) is 9.53 Å². The van der Waals surface area contributed by atoms with E-state index in [2.05, 4.69) is 21.7 Å². The smallest absolute Gasteiger partial charge is 0.243 e. The second kappa shape index (κ2) is 11.5. The van der Waals surface area contributed by atoms with E-state index in [1.54, 1.807) is 19.0 Å². The van der Waals surface area contributed by atoms with Crippen LogP contribution in [0.25, 0.3) is 0 Å². The van der Waals surface area contributed by atoms with Gasteiger partial charge in [-0.2, -0.15) is 0 Å². The lowest BCUT2D eigenvalue weighted by atomic mass is 10.0. The molecule has 2 N–H and O–H groups in total. The molecule has 0 aromatic heterocycles. The Hall–Kier alpha value is -1.55. The first-order valence-electron chi connectivity index (χ1n) is 9.72. The molecule has 8 heteroatoms. The number of amides is 1. The molecule has 7 nitrogen and oxygen atoms in total. The number of guanidine groups is 1. The van der Waals surface area contributed by atoms with Gasteiger partial charge in [0, 0.05) is 39.2 Å². The second-order valence-corrected chi connectivity index (χ2v) is 7.19. The number of halogens is 1. The maximum atomic E-state index is 12.0. The second-order valence-electron chi connectivity index (χ2n) is 7.19. The van der Waals surface area contributed by atoms with Gasteiger partial charge in [0.25, 0.3) is 0 Å². The summed E-state index contributed by atoms with van der Waals surface area (Å²) in [5.41, 5.74) is 1.12. The molecule has 0 aliphatic carbocycles. The third-order valence-electron chi connectivity index (χ3n) is 4.91. The lowest BCUT2D eigenvalue weighted by Crippen LogP contribution is -2.45. The van der Waals surface area contributed by atoms with Crippen molar-refractivity contribution in [2.75, 3.05) is 40.4 Å². The fraction of sp³-hybridized carbons (Fsp3) is 0.600. The van der Waals surface area contributed by atoms with Gasteiger partial charge in [-0.3, -0.25) is 4.79 Å². The molecule has 1 saturated heterocycles. The van der Waals surface area contributed by atoms with E-state index in [9.17, 15) is 4.79 Å². The molecule has 2 atom stereocenters. The average molecular weight is 502 g/mol. The fourth-order valence-electron chi connectivity index (χ4n) is 3.28. The van der Waals surface area contributed by atoms with Gasteiger partial charge in [0.1, 0.15) is 12.3 Å². The molecule has 1 amide bonds. The number of hydrogen-bond donors (Lipinski definition) is 2. The minimum Gasteiger partial charge on any atom is -0.493 e. The van der Waals surface area contributed by atoms with Crippen LogP contribution < -0.4 is 15.4 Å². The summed E-state index contributed by atoms with van der Waals surface area (Å²) in [6.45, 7) is 2.27. The molecule has 0 spiro atoms. The van der Waals surface area contributed by atoms with Gasteiger partial charge in [0.15, 0.2) is 5.96 Å². The summed E-state index contributed by atoms with van der Waals surface area (Å²) in [5, 5.41) is 6.84. The Morgan fingerprint density at radius 1 is 1.21 bits per heavy atom. The number of benzene rings is 1. The topological polar surface area (TPSA) is 75.2 Å². The molecule has 2 aliphatic heterocycles. The minimum atomic E-state index is -0.0302. The van der Waals surface area contributed by atoms with E-state index < -0.39 is 0 Å². The Labute approximate surface area is 184 Å². The van der Waals surface area contributed by atoms with E-state index in [1.165, 1.54) is 6.42 Å². The van der Waals surface area contributed by atoms with Crippen LogP contribution in [0.3, 0.4) is 0 Å². The quantitative estimate of drug-likeness (QED) is 0.368. The maximum Gasteiger partial charge on any atom is 0.243 e. The van der Waals surface area contributed by atoms with Crippen LogP contribution >= 0.6 is 24.0 Å². The molecule has 1 fully saturated rings. The van der Waals surface area contributed by atoms with Crippen molar-refractivity contribution in [1.29, 1.82) is 0 Å². The summed E-state index contributed by atoms with van der Waals surface area (Å²) in [4.78, 5) is 18.0. The van der Waals surface area contributed by atoms with Crippen LogP contribution in [0.1, 0.15) is 37.3 Å². The van der Waals surface area contributed by atoms with Crippen LogP contribution in [0.2, 0.25) is 0 Å². The van der Waals surface area contributed by atoms with E-state index in [4.69, 9.17) is 9.47 Å². The number of nitrogens with zero attached hydrogens (tertiary/aromatic N) is 2. The highest BCUT2D eigenvalue weighted by molar-refractivity contribution is 14.0. The molecule has 28 heavy (non-hydrogen) atoms. The molecule has 1 aromatic rings. The molecule has 156 valence electrons. The zero-order chi connectivity index (χ0) is 19.1. The van der Waals surface area contributed by atoms with Gasteiger partial charge in [-0.05, 0) is 25.3 Å². The molecule has 2 unspecified atom stereocenters. The van der Waals surface area contributed by atoms with Gasteiger partial charge in [-0.15, -0.1) is 24.0 Å². The van der Waals surface area contributed by atoms with Crippen molar-refractivity contribution in [1.82, 2.24) is 15.5 Å². The van der Waals surface area contributed by atoms with Gasteiger partial charge < -0.3 is 25.0 Å². The number of carbonyl (C=O) groups excluding carboxylic acids is 1. The number of rotatable bonds is 5. The standard InChI is InChI=1S/C20H30N4O3.HI/c1-24(2)19(25)14-22-20(21-13-15-7-5-6-11-26-15)23-17-10-12-27-18-9-4-3-8-16(17)18;/h3-4,8-9,15,17H,5-7,10-14H2,1-2H3,(H2,21,22,23);1H. The first-order valence-corrected chi connectivity index (χ1v) is 9.72. The number of carbonyl (C=O) groups is 1. The predicted molar refractivity (Wildman–Crippen MR) is 120 cm³/mol. The zero-order valence-corrected chi connectivity index (χ0v) is 19.0. The summed E-state index contributed by atoms with van der Waals surface area (Å²) in [6.07, 6.45) is 4.42. The predicted octanol–water partition coefficient (Wildman–Crippen LogP) is 2.32. The number of aliphatic imine (C=N–C) groups is 1. The van der Waals surface area contributed by atoms with E-state index in [0.29, 0.717) is 19.1 Å². The molecule has 3 rings (SSSR count). The molecule has 0 radical (unpaired) electrons. The highest BCUT2D eigenvalue weighted by Crippen LogP contribution is 2.31. The third-order valence-corrected chi connectivity index (χ3v) is 4.91. The fourth-order valence-corrected chi connectivity index (χ4v) is 3.28. The lowest BCUT2D eigenvalue weighted by molar-refractivity contribution is -0.127. The molecule has 0 saturated carbocycles. The van der Waals surface area contributed by atoms with Crippen LogP contribution in [0, 0.1) is 0 Å². The number of para-hydroxylation sites is 1. The first-order chi connectivity index (χ1) is 13.1. The number of fused-ring (bicyclic) bond motifs is 1. The van der Waals surface area contributed by atoms with E-state index in [-0.39, 0.29) is 48.6 Å². The monoisotopic (exact) mass is 502 g/mol. The highest BCUT2D eigenvalue weighted by atomic mass is 127. The Balaban J connectivity index is 0.00000280. The summed E-state index contributed by atoms with van der Waals surface area (Å²) in [6, 6.07) is 8.14. The van der Waals surface area contributed by atoms with Gasteiger partial charge in [-0.1, -0.05) is 18.2 Å². The Morgan fingerprint density at radius 2 is 2.04 bits per heavy atom. The van der Waals surface area contributed by atoms with Crippen molar-refractivity contribution < 1.29 is 14.3 Å². The molecule has 2 heterocycles. The van der Waals surface area contributed by atoms with E-state index in [1.807, 2.05) is 18.2 Å². The highest BCUT2D eigenvalue weighted by Gasteiger charge is 2.23. The molecule has 0 bridgehead atoms. The number of ether oxygens (including phenoxy) is 2. The Bertz CT molecular complexity index is 663. The number of likely N-dealkylation sites (N-methyl/N-ethyl adjacent to an activating group) is 1. The third kappa shape index (κ3) is 6.51.